The van der Waals surface area contributed by atoms with Crippen molar-refractivity contribution in [3.63, 3.8) is 0 Å². The van der Waals surface area contributed by atoms with Gasteiger partial charge in [-0.15, -0.1) is 0 Å². The second kappa shape index (κ2) is 6.48. The lowest BCUT2D eigenvalue weighted by Crippen LogP contribution is -2.38. The Morgan fingerprint density at radius 1 is 1.04 bits per heavy atom. The molecule has 0 aliphatic carbocycles. The van der Waals surface area contributed by atoms with Crippen LogP contribution in [0.4, 0.5) is 4.79 Å². The summed E-state index contributed by atoms with van der Waals surface area (Å²) in [4.78, 5) is 26.3. The Morgan fingerprint density at radius 2 is 1.62 bits per heavy atom. The molecule has 24 heavy (non-hydrogen) atoms. The zero-order chi connectivity index (χ0) is 17.2. The molecule has 1 aliphatic heterocycles. The van der Waals surface area contributed by atoms with E-state index in [2.05, 4.69) is 0 Å². The molecule has 0 N–H and O–H groups in total. The Hall–Kier alpha value is -2.62. The Balaban J connectivity index is 1.81. The van der Waals surface area contributed by atoms with Crippen molar-refractivity contribution in [3.8, 4) is 0 Å². The molecular formula is C20H21NO3. The third-order valence-corrected chi connectivity index (χ3v) is 4.32. The van der Waals surface area contributed by atoms with Crippen LogP contribution in [-0.4, -0.2) is 22.5 Å². The first kappa shape index (κ1) is 16.2. The monoisotopic (exact) mass is 323 g/mol. The van der Waals surface area contributed by atoms with Crippen LogP contribution in [0.1, 0.15) is 37.4 Å². The zero-order valence-corrected chi connectivity index (χ0v) is 13.9. The first-order chi connectivity index (χ1) is 11.5. The average Bonchev–Trinajstić information content (AvgIpc) is 2.83. The zero-order valence-electron chi connectivity index (χ0n) is 13.9. The third-order valence-electron chi connectivity index (χ3n) is 4.32. The molecule has 1 atom stereocenters. The number of carbonyl (C=O) groups is 2. The smallest absolute Gasteiger partial charge is 0.417 e. The molecule has 2 amide bonds. The molecular weight excluding hydrogens is 302 g/mol. The fourth-order valence-electron chi connectivity index (χ4n) is 3.19. The number of benzene rings is 2. The van der Waals surface area contributed by atoms with Crippen molar-refractivity contribution < 1.29 is 14.3 Å². The number of rotatable bonds is 4. The Labute approximate surface area is 142 Å². The van der Waals surface area contributed by atoms with Gasteiger partial charge in [-0.3, -0.25) is 4.79 Å². The van der Waals surface area contributed by atoms with Crippen LogP contribution in [0.5, 0.6) is 0 Å². The number of ether oxygens (including phenoxy) is 1. The minimum Gasteiger partial charge on any atom is -0.440 e. The highest BCUT2D eigenvalue weighted by Crippen LogP contribution is 2.41. The van der Waals surface area contributed by atoms with Crippen molar-refractivity contribution in [2.75, 3.05) is 0 Å². The first-order valence-electron chi connectivity index (χ1n) is 8.13. The largest absolute Gasteiger partial charge is 0.440 e. The Bertz CT molecular complexity index is 725. The normalized spacial score (nSPS) is 19.2. The van der Waals surface area contributed by atoms with Gasteiger partial charge in [0.15, 0.2) is 0 Å². The molecule has 1 fully saturated rings. The number of aryl methyl sites for hydroxylation is 1. The summed E-state index contributed by atoms with van der Waals surface area (Å²) in [5.74, 6) is -0.205. The van der Waals surface area contributed by atoms with E-state index < -0.39 is 17.7 Å². The van der Waals surface area contributed by atoms with Crippen molar-refractivity contribution in [2.24, 2.45) is 0 Å². The molecule has 1 heterocycles. The molecule has 0 bridgehead atoms. The van der Waals surface area contributed by atoms with Crippen molar-refractivity contribution in [3.05, 3.63) is 71.8 Å². The van der Waals surface area contributed by atoms with Gasteiger partial charge in [-0.05, 0) is 31.4 Å². The predicted octanol–water partition coefficient (Wildman–Crippen LogP) is 4.12. The van der Waals surface area contributed by atoms with E-state index in [1.165, 1.54) is 4.90 Å². The van der Waals surface area contributed by atoms with Gasteiger partial charge in [-0.1, -0.05) is 60.7 Å². The van der Waals surface area contributed by atoms with Gasteiger partial charge in [0, 0.05) is 6.42 Å². The molecule has 2 aromatic carbocycles. The SMILES string of the molecule is CC1(C)OC(=O)N(C(=O)CCc2ccccc2)[C@H]1c1ccccc1. The molecule has 0 aromatic heterocycles. The number of carbonyl (C=O) groups excluding carboxylic acids is 2. The van der Waals surface area contributed by atoms with E-state index in [0.717, 1.165) is 11.1 Å². The van der Waals surface area contributed by atoms with Crippen LogP contribution in [0, 0.1) is 0 Å². The van der Waals surface area contributed by atoms with E-state index in [9.17, 15) is 9.59 Å². The quantitative estimate of drug-likeness (QED) is 0.850. The number of imide groups is 1. The molecule has 0 unspecified atom stereocenters. The van der Waals surface area contributed by atoms with Gasteiger partial charge in [0.05, 0.1) is 0 Å². The second-order valence-corrected chi connectivity index (χ2v) is 6.53. The van der Waals surface area contributed by atoms with E-state index >= 15 is 0 Å². The lowest BCUT2D eigenvalue weighted by atomic mass is 9.91. The van der Waals surface area contributed by atoms with E-state index in [0.29, 0.717) is 6.42 Å². The maximum atomic E-state index is 12.7. The number of hydrogen-bond donors (Lipinski definition) is 0. The molecule has 2 aromatic rings. The fourth-order valence-corrected chi connectivity index (χ4v) is 3.19. The lowest BCUT2D eigenvalue weighted by Gasteiger charge is -2.28. The molecule has 0 saturated carbocycles. The Kier molecular flexibility index (Phi) is 4.38. The summed E-state index contributed by atoms with van der Waals surface area (Å²) >= 11 is 0. The summed E-state index contributed by atoms with van der Waals surface area (Å²) < 4.78 is 5.47. The maximum Gasteiger partial charge on any atom is 0.417 e. The van der Waals surface area contributed by atoms with Gasteiger partial charge in [0.25, 0.3) is 0 Å². The van der Waals surface area contributed by atoms with E-state index in [1.54, 1.807) is 0 Å². The molecule has 4 nitrogen and oxygen atoms in total. The van der Waals surface area contributed by atoms with E-state index in [1.807, 2.05) is 74.5 Å². The summed E-state index contributed by atoms with van der Waals surface area (Å²) in [6, 6.07) is 18.9. The number of nitrogens with zero attached hydrogens (tertiary/aromatic N) is 1. The highest BCUT2D eigenvalue weighted by atomic mass is 16.6. The maximum absolute atomic E-state index is 12.7. The van der Waals surface area contributed by atoms with Crippen molar-refractivity contribution in [1.29, 1.82) is 0 Å². The summed E-state index contributed by atoms with van der Waals surface area (Å²) in [6.07, 6.45) is 0.316. The van der Waals surface area contributed by atoms with Crippen LogP contribution < -0.4 is 0 Å². The van der Waals surface area contributed by atoms with Crippen LogP contribution in [0.2, 0.25) is 0 Å². The first-order valence-corrected chi connectivity index (χ1v) is 8.13. The van der Waals surface area contributed by atoms with Crippen molar-refractivity contribution >= 4 is 12.0 Å². The third kappa shape index (κ3) is 3.18. The van der Waals surface area contributed by atoms with Crippen LogP contribution in [0.3, 0.4) is 0 Å². The van der Waals surface area contributed by atoms with Crippen LogP contribution >= 0.6 is 0 Å². The van der Waals surface area contributed by atoms with Crippen LogP contribution in [0.15, 0.2) is 60.7 Å². The average molecular weight is 323 g/mol. The van der Waals surface area contributed by atoms with Gasteiger partial charge in [-0.25, -0.2) is 9.69 Å². The number of cyclic esters (lactones) is 1. The minimum atomic E-state index is -0.749. The van der Waals surface area contributed by atoms with E-state index in [-0.39, 0.29) is 12.3 Å². The van der Waals surface area contributed by atoms with Gasteiger partial charge < -0.3 is 4.74 Å². The number of hydrogen-bond acceptors (Lipinski definition) is 3. The molecule has 1 aliphatic rings. The highest BCUT2D eigenvalue weighted by Gasteiger charge is 2.51. The minimum absolute atomic E-state index is 0.205. The summed E-state index contributed by atoms with van der Waals surface area (Å²) in [7, 11) is 0. The number of amides is 2. The summed E-state index contributed by atoms with van der Waals surface area (Å²) in [6.45, 7) is 3.68. The van der Waals surface area contributed by atoms with Crippen molar-refractivity contribution in [1.82, 2.24) is 4.90 Å². The molecule has 0 radical (unpaired) electrons. The van der Waals surface area contributed by atoms with Gasteiger partial charge in [0.2, 0.25) is 5.91 Å². The van der Waals surface area contributed by atoms with Crippen LogP contribution in [0.25, 0.3) is 0 Å². The van der Waals surface area contributed by atoms with Gasteiger partial charge in [-0.2, -0.15) is 0 Å². The molecule has 124 valence electrons. The molecule has 1 saturated heterocycles. The second-order valence-electron chi connectivity index (χ2n) is 6.53. The summed E-state index contributed by atoms with van der Waals surface area (Å²) in [5.41, 5.74) is 1.23. The Morgan fingerprint density at radius 3 is 2.25 bits per heavy atom. The van der Waals surface area contributed by atoms with Crippen molar-refractivity contribution in [2.45, 2.75) is 38.3 Å². The topological polar surface area (TPSA) is 46.6 Å². The fraction of sp³-hybridized carbons (Fsp3) is 0.300. The molecule has 0 spiro atoms. The van der Waals surface area contributed by atoms with Gasteiger partial charge >= 0.3 is 6.09 Å². The van der Waals surface area contributed by atoms with Gasteiger partial charge in [0.1, 0.15) is 11.6 Å². The standard InChI is InChI=1S/C20H21NO3/c1-20(2)18(16-11-7-4-8-12-16)21(19(23)24-20)17(22)14-13-15-9-5-3-6-10-15/h3-12,18H,13-14H2,1-2H3/t18-/m0/s1. The highest BCUT2D eigenvalue weighted by molar-refractivity contribution is 5.94. The van der Waals surface area contributed by atoms with E-state index in [4.69, 9.17) is 4.74 Å². The lowest BCUT2D eigenvalue weighted by molar-refractivity contribution is -0.129. The molecule has 3 rings (SSSR count). The summed E-state index contributed by atoms with van der Waals surface area (Å²) in [5, 5.41) is 0. The molecule has 4 heteroatoms. The van der Waals surface area contributed by atoms with Crippen LogP contribution in [-0.2, 0) is 16.0 Å². The predicted molar refractivity (Wildman–Crippen MR) is 91.4 cm³/mol.